The van der Waals surface area contributed by atoms with Crippen molar-refractivity contribution in [3.05, 3.63) is 67.0 Å². The Labute approximate surface area is 226 Å². The summed E-state index contributed by atoms with van der Waals surface area (Å²) in [5, 5.41) is 12.7. The molecule has 1 aromatic heterocycles. The lowest BCUT2D eigenvalue weighted by molar-refractivity contribution is -0.385. The zero-order valence-corrected chi connectivity index (χ0v) is 21.8. The summed E-state index contributed by atoms with van der Waals surface area (Å²) in [6.45, 7) is 0.770. The molecule has 5 atom stereocenters. The van der Waals surface area contributed by atoms with Crippen LogP contribution in [0, 0.1) is 10.1 Å². The van der Waals surface area contributed by atoms with Crippen LogP contribution in [0.1, 0.15) is 25.6 Å². The van der Waals surface area contributed by atoms with Crippen molar-refractivity contribution in [1.82, 2.24) is 14.9 Å². The highest BCUT2D eigenvalue weighted by Crippen LogP contribution is 2.62. The second-order valence-corrected chi connectivity index (χ2v) is 10.6. The monoisotopic (exact) mass is 609 g/mol. The molecule has 41 heavy (non-hydrogen) atoms. The Bertz CT molecular complexity index is 1500. The Balaban J connectivity index is 1.65. The van der Waals surface area contributed by atoms with E-state index in [1.165, 1.54) is 6.07 Å². The standard InChI is InChI=1S/C21H20F3N4O12P/c1-10(29)38-16-14(9-37-41(35)36-8-11-7-12(28(33)34)3-4-13(11)40-41)39-18(27-6-5-15(30)25-19(27)32)20(16,2)26-17(31)21(22,23)24/h3-7,14,16,18,35H,8-9H2,1-2H3,(H-,25,26,30,31,32)/p+1. The summed E-state index contributed by atoms with van der Waals surface area (Å²) in [6, 6.07) is 4.31. The number of nitro groups is 1. The number of nitrogens with zero attached hydrogens (tertiary/aromatic N) is 2. The van der Waals surface area contributed by atoms with E-state index in [1.807, 2.05) is 4.98 Å². The predicted octanol–water partition coefficient (Wildman–Crippen LogP) is 1.01. The van der Waals surface area contributed by atoms with E-state index in [1.54, 1.807) is 5.32 Å². The minimum absolute atomic E-state index is 0.0125. The third-order valence-electron chi connectivity index (χ3n) is 6.04. The van der Waals surface area contributed by atoms with E-state index in [-0.39, 0.29) is 23.6 Å². The number of nitro benzene ring substituents is 1. The average Bonchev–Trinajstić information content (AvgIpc) is 3.12. The number of ether oxygens (including phenoxy) is 2. The number of nitrogens with one attached hydrogen (secondary N) is 2. The zero-order chi connectivity index (χ0) is 30.3. The van der Waals surface area contributed by atoms with Crippen LogP contribution in [0.3, 0.4) is 0 Å². The highest BCUT2D eigenvalue weighted by molar-refractivity contribution is 7.55. The maximum atomic E-state index is 13.3. The molecule has 222 valence electrons. The van der Waals surface area contributed by atoms with Crippen LogP contribution in [0.15, 0.2) is 40.1 Å². The van der Waals surface area contributed by atoms with Gasteiger partial charge in [0.1, 0.15) is 24.9 Å². The van der Waals surface area contributed by atoms with Crippen molar-refractivity contribution in [3.63, 3.8) is 0 Å². The van der Waals surface area contributed by atoms with Gasteiger partial charge in [-0.1, -0.05) is 0 Å². The maximum absolute atomic E-state index is 13.3. The van der Waals surface area contributed by atoms with Crippen LogP contribution in [0.25, 0.3) is 0 Å². The SMILES string of the molecule is CC(=O)OC1C(CO[P+]2(O)OCc3cc([N+](=O)[O-])ccc3O2)OC(n2ccc(=O)[nH]c2=O)C1(C)NC(=O)C(F)(F)F. The normalized spacial score (nSPS) is 27.4. The third-order valence-corrected chi connectivity index (χ3v) is 7.39. The van der Waals surface area contributed by atoms with E-state index in [4.69, 9.17) is 23.0 Å². The summed E-state index contributed by atoms with van der Waals surface area (Å²) in [5.41, 5.74) is -4.33. The van der Waals surface area contributed by atoms with Gasteiger partial charge in [-0.2, -0.15) is 18.1 Å². The molecule has 3 N–H and O–H groups in total. The molecule has 3 heterocycles. The predicted molar refractivity (Wildman–Crippen MR) is 127 cm³/mol. The lowest BCUT2D eigenvalue weighted by atomic mass is 9.91. The first-order valence-electron chi connectivity index (χ1n) is 11.4. The summed E-state index contributed by atoms with van der Waals surface area (Å²) in [7, 11) is -4.23. The molecule has 20 heteroatoms. The molecule has 2 aromatic rings. The summed E-state index contributed by atoms with van der Waals surface area (Å²) in [4.78, 5) is 71.0. The minimum atomic E-state index is -5.40. The molecule has 0 aliphatic carbocycles. The summed E-state index contributed by atoms with van der Waals surface area (Å²) < 4.78 is 67.3. The first-order valence-corrected chi connectivity index (χ1v) is 12.9. The molecular formula is C21H21F3N4O12P+. The fourth-order valence-corrected chi connectivity index (χ4v) is 5.48. The van der Waals surface area contributed by atoms with E-state index in [0.29, 0.717) is 4.57 Å². The van der Waals surface area contributed by atoms with Crippen molar-refractivity contribution < 1.29 is 55.6 Å². The lowest BCUT2D eigenvalue weighted by Crippen LogP contribution is -2.61. The first kappa shape index (κ1) is 30.1. The van der Waals surface area contributed by atoms with Gasteiger partial charge < -0.3 is 14.8 Å². The number of hydrogen-bond donors (Lipinski definition) is 3. The fraction of sp³-hybridized carbons (Fsp3) is 0.429. The second-order valence-electron chi connectivity index (χ2n) is 8.99. The Morgan fingerprint density at radius 3 is 2.66 bits per heavy atom. The number of amides is 1. The molecule has 2 aliphatic heterocycles. The molecule has 0 radical (unpaired) electrons. The van der Waals surface area contributed by atoms with Crippen LogP contribution < -0.4 is 21.1 Å². The van der Waals surface area contributed by atoms with Crippen molar-refractivity contribution in [2.45, 2.75) is 50.6 Å². The smallest absolute Gasteiger partial charge is 0.457 e. The molecule has 0 spiro atoms. The van der Waals surface area contributed by atoms with Gasteiger partial charge in [0.25, 0.3) is 11.2 Å². The number of aromatic amines is 1. The number of fused-ring (bicyclic) bond motifs is 1. The molecule has 16 nitrogen and oxygen atoms in total. The topological polar surface area (TPSA) is 211 Å². The van der Waals surface area contributed by atoms with Crippen molar-refractivity contribution in [1.29, 1.82) is 0 Å². The molecule has 1 saturated heterocycles. The molecule has 0 bridgehead atoms. The molecule has 0 saturated carbocycles. The molecule has 4 rings (SSSR count). The van der Waals surface area contributed by atoms with Crippen LogP contribution in [-0.4, -0.2) is 61.8 Å². The van der Waals surface area contributed by atoms with Crippen LogP contribution in [-0.2, 0) is 34.7 Å². The van der Waals surface area contributed by atoms with Crippen molar-refractivity contribution >= 4 is 25.7 Å². The molecular weight excluding hydrogens is 588 g/mol. The lowest BCUT2D eigenvalue weighted by Gasteiger charge is -2.36. The van der Waals surface area contributed by atoms with Gasteiger partial charge in [0.15, 0.2) is 18.1 Å². The van der Waals surface area contributed by atoms with Gasteiger partial charge in [0.05, 0.1) is 4.92 Å². The van der Waals surface area contributed by atoms with Gasteiger partial charge in [0.2, 0.25) is 0 Å². The number of benzene rings is 1. The first-order chi connectivity index (χ1) is 19.0. The maximum Gasteiger partial charge on any atom is 0.619 e. The quantitative estimate of drug-likeness (QED) is 0.174. The Hall–Kier alpha value is -3.90. The number of H-pyrrole nitrogens is 1. The largest absolute Gasteiger partial charge is 0.619 e. The van der Waals surface area contributed by atoms with E-state index in [0.717, 1.165) is 38.2 Å². The average molecular weight is 609 g/mol. The molecule has 1 fully saturated rings. The third kappa shape index (κ3) is 6.23. The van der Waals surface area contributed by atoms with E-state index < -0.39 is 73.0 Å². The Morgan fingerprint density at radius 1 is 1.34 bits per heavy atom. The summed E-state index contributed by atoms with van der Waals surface area (Å²) in [6.07, 6.45) is -9.64. The zero-order valence-electron chi connectivity index (χ0n) is 20.9. The van der Waals surface area contributed by atoms with Gasteiger partial charge in [-0.3, -0.25) is 38.6 Å². The Kier molecular flexibility index (Phi) is 7.94. The number of carbonyl (C=O) groups excluding carboxylic acids is 2. The Morgan fingerprint density at radius 2 is 2.05 bits per heavy atom. The summed E-state index contributed by atoms with van der Waals surface area (Å²) in [5.74, 6) is -3.48. The number of esters is 1. The summed E-state index contributed by atoms with van der Waals surface area (Å²) >= 11 is 0. The number of aromatic nitrogens is 2. The molecule has 1 aromatic carbocycles. The number of hydrogen-bond acceptors (Lipinski definition) is 12. The van der Waals surface area contributed by atoms with E-state index in [9.17, 15) is 47.4 Å². The van der Waals surface area contributed by atoms with Gasteiger partial charge in [-0.25, -0.2) is 4.79 Å². The number of rotatable bonds is 7. The van der Waals surface area contributed by atoms with E-state index >= 15 is 0 Å². The van der Waals surface area contributed by atoms with Crippen LogP contribution in [0.2, 0.25) is 0 Å². The van der Waals surface area contributed by atoms with Gasteiger partial charge in [0, 0.05) is 36.9 Å². The molecule has 5 unspecified atom stereocenters. The van der Waals surface area contributed by atoms with Gasteiger partial charge in [-0.05, 0) is 13.0 Å². The number of halogens is 3. The van der Waals surface area contributed by atoms with Crippen LogP contribution >= 0.6 is 8.17 Å². The number of alkyl halides is 3. The van der Waals surface area contributed by atoms with Crippen LogP contribution in [0.5, 0.6) is 5.75 Å². The van der Waals surface area contributed by atoms with Crippen molar-refractivity contribution in [3.8, 4) is 5.75 Å². The van der Waals surface area contributed by atoms with Gasteiger partial charge in [-0.15, -0.1) is 9.05 Å². The number of carbonyl (C=O) groups is 2. The number of non-ortho nitro benzene ring substituents is 1. The minimum Gasteiger partial charge on any atom is -0.457 e. The van der Waals surface area contributed by atoms with E-state index in [2.05, 4.69) is 0 Å². The fourth-order valence-electron chi connectivity index (χ4n) is 4.24. The molecule has 1 amide bonds. The van der Waals surface area contributed by atoms with Gasteiger partial charge >= 0.3 is 31.9 Å². The highest BCUT2D eigenvalue weighted by atomic mass is 31.2. The highest BCUT2D eigenvalue weighted by Gasteiger charge is 2.61. The van der Waals surface area contributed by atoms with Crippen LogP contribution in [0.4, 0.5) is 18.9 Å². The van der Waals surface area contributed by atoms with Crippen molar-refractivity contribution in [2.75, 3.05) is 6.61 Å². The second kappa shape index (κ2) is 10.8. The molecule has 2 aliphatic rings. The van der Waals surface area contributed by atoms with Crippen molar-refractivity contribution in [2.24, 2.45) is 0 Å².